The standard InChI is InChI=1S/C14H11Cl3N2O5S/c15-8-3-10(17)12(4-9(8)16)25(22,23)19(7-1-2-7)5-13-18-11(6-24-13)14(20)21/h3-4,6-7H,1-2,5H2,(H,20,21). The first-order valence-electron chi connectivity index (χ1n) is 7.04. The predicted octanol–water partition coefficient (Wildman–Crippen LogP) is 3.69. The lowest BCUT2D eigenvalue weighted by Crippen LogP contribution is -2.33. The lowest BCUT2D eigenvalue weighted by Gasteiger charge is -2.21. The van der Waals surface area contributed by atoms with Gasteiger partial charge in [-0.1, -0.05) is 34.8 Å². The van der Waals surface area contributed by atoms with Gasteiger partial charge in [-0.25, -0.2) is 18.2 Å². The number of halogens is 3. The van der Waals surface area contributed by atoms with Gasteiger partial charge in [-0.2, -0.15) is 4.31 Å². The third kappa shape index (κ3) is 3.78. The van der Waals surface area contributed by atoms with Crippen molar-refractivity contribution >= 4 is 50.8 Å². The highest BCUT2D eigenvalue weighted by molar-refractivity contribution is 7.89. The molecule has 0 saturated heterocycles. The minimum Gasteiger partial charge on any atom is -0.476 e. The number of carboxylic acid groups (broad SMARTS) is 1. The van der Waals surface area contributed by atoms with Crippen LogP contribution in [0.15, 0.2) is 27.7 Å². The van der Waals surface area contributed by atoms with Crippen LogP contribution in [0, 0.1) is 0 Å². The maximum absolute atomic E-state index is 13.0. The van der Waals surface area contributed by atoms with Gasteiger partial charge in [-0.15, -0.1) is 0 Å². The summed E-state index contributed by atoms with van der Waals surface area (Å²) < 4.78 is 32.2. The molecular formula is C14H11Cl3N2O5S. The molecule has 1 fully saturated rings. The Morgan fingerprint density at radius 2 is 1.88 bits per heavy atom. The van der Waals surface area contributed by atoms with E-state index in [4.69, 9.17) is 44.3 Å². The van der Waals surface area contributed by atoms with Crippen molar-refractivity contribution in [3.05, 3.63) is 45.0 Å². The van der Waals surface area contributed by atoms with Crippen LogP contribution < -0.4 is 0 Å². The third-order valence-electron chi connectivity index (χ3n) is 3.58. The number of carbonyl (C=O) groups is 1. The second-order valence-corrected chi connectivity index (χ2v) is 8.49. The van der Waals surface area contributed by atoms with E-state index in [1.54, 1.807) is 0 Å². The fourth-order valence-corrected chi connectivity index (χ4v) is 4.83. The van der Waals surface area contributed by atoms with E-state index < -0.39 is 16.0 Å². The summed E-state index contributed by atoms with van der Waals surface area (Å²) in [5.74, 6) is -1.28. The van der Waals surface area contributed by atoms with Crippen molar-refractivity contribution in [3.8, 4) is 0 Å². The number of hydrogen-bond donors (Lipinski definition) is 1. The van der Waals surface area contributed by atoms with Gasteiger partial charge in [0.15, 0.2) is 5.69 Å². The van der Waals surface area contributed by atoms with E-state index in [-0.39, 0.29) is 44.1 Å². The molecule has 0 unspecified atom stereocenters. The first-order chi connectivity index (χ1) is 11.7. The molecule has 1 heterocycles. The van der Waals surface area contributed by atoms with Gasteiger partial charge in [-0.3, -0.25) is 0 Å². The maximum Gasteiger partial charge on any atom is 0.357 e. The van der Waals surface area contributed by atoms with Crippen LogP contribution in [0.25, 0.3) is 0 Å². The van der Waals surface area contributed by atoms with Gasteiger partial charge < -0.3 is 9.52 Å². The third-order valence-corrected chi connectivity index (χ3v) is 6.66. The summed E-state index contributed by atoms with van der Waals surface area (Å²) in [7, 11) is -4.01. The molecule has 0 amide bonds. The lowest BCUT2D eigenvalue weighted by atomic mass is 10.4. The van der Waals surface area contributed by atoms with E-state index in [9.17, 15) is 13.2 Å². The van der Waals surface area contributed by atoms with Crippen molar-refractivity contribution < 1.29 is 22.7 Å². The van der Waals surface area contributed by atoms with Crippen molar-refractivity contribution in [1.29, 1.82) is 0 Å². The van der Waals surface area contributed by atoms with Crippen molar-refractivity contribution in [3.63, 3.8) is 0 Å². The molecule has 0 aliphatic heterocycles. The normalized spacial score (nSPS) is 14.9. The zero-order chi connectivity index (χ0) is 18.4. The summed E-state index contributed by atoms with van der Waals surface area (Å²) in [4.78, 5) is 14.5. The minimum atomic E-state index is -4.01. The first kappa shape index (κ1) is 18.5. The summed E-state index contributed by atoms with van der Waals surface area (Å²) in [6.45, 7) is -0.211. The zero-order valence-electron chi connectivity index (χ0n) is 12.4. The second kappa shape index (κ2) is 6.77. The number of sulfonamides is 1. The van der Waals surface area contributed by atoms with Crippen molar-refractivity contribution in [2.75, 3.05) is 0 Å². The Labute approximate surface area is 158 Å². The molecule has 1 saturated carbocycles. The van der Waals surface area contributed by atoms with E-state index in [0.29, 0.717) is 12.8 Å². The monoisotopic (exact) mass is 424 g/mol. The highest BCUT2D eigenvalue weighted by atomic mass is 35.5. The number of oxazole rings is 1. The number of nitrogens with zero attached hydrogens (tertiary/aromatic N) is 2. The van der Waals surface area contributed by atoms with Crippen molar-refractivity contribution in [2.45, 2.75) is 30.3 Å². The fourth-order valence-electron chi connectivity index (χ4n) is 2.22. The highest BCUT2D eigenvalue weighted by Crippen LogP contribution is 2.38. The Hall–Kier alpha value is -1.32. The molecule has 0 radical (unpaired) electrons. The van der Waals surface area contributed by atoms with E-state index in [1.165, 1.54) is 16.4 Å². The minimum absolute atomic E-state index is 0.0240. The molecule has 3 rings (SSSR count). The van der Waals surface area contributed by atoms with E-state index in [1.807, 2.05) is 0 Å². The van der Waals surface area contributed by atoms with Crippen LogP contribution in [0.5, 0.6) is 0 Å². The number of hydrogen-bond acceptors (Lipinski definition) is 5. The van der Waals surface area contributed by atoms with Crippen LogP contribution in [0.2, 0.25) is 15.1 Å². The molecule has 1 aromatic heterocycles. The Kier molecular flexibility index (Phi) is 5.00. The van der Waals surface area contributed by atoms with E-state index >= 15 is 0 Å². The van der Waals surface area contributed by atoms with Gasteiger partial charge in [0.1, 0.15) is 11.2 Å². The first-order valence-corrected chi connectivity index (χ1v) is 9.61. The van der Waals surface area contributed by atoms with Gasteiger partial charge in [0, 0.05) is 6.04 Å². The molecule has 11 heteroatoms. The molecule has 1 aliphatic carbocycles. The van der Waals surface area contributed by atoms with Gasteiger partial charge in [0.25, 0.3) is 0 Å². The molecule has 134 valence electrons. The van der Waals surface area contributed by atoms with Gasteiger partial charge in [0.2, 0.25) is 15.9 Å². The zero-order valence-corrected chi connectivity index (χ0v) is 15.5. The topological polar surface area (TPSA) is 101 Å². The van der Waals surface area contributed by atoms with Crippen LogP contribution in [0.4, 0.5) is 0 Å². The summed E-state index contributed by atoms with van der Waals surface area (Å²) >= 11 is 17.8. The predicted molar refractivity (Wildman–Crippen MR) is 90.7 cm³/mol. The molecule has 0 bridgehead atoms. The average Bonchev–Trinajstić information content (AvgIpc) is 3.25. The Balaban J connectivity index is 1.97. The van der Waals surface area contributed by atoms with Crippen LogP contribution in [-0.4, -0.2) is 34.8 Å². The van der Waals surface area contributed by atoms with Crippen molar-refractivity contribution in [2.24, 2.45) is 0 Å². The quantitative estimate of drug-likeness (QED) is 0.708. The number of aromatic carboxylic acids is 1. The average molecular weight is 426 g/mol. The maximum atomic E-state index is 13.0. The Morgan fingerprint density at radius 1 is 1.24 bits per heavy atom. The second-order valence-electron chi connectivity index (χ2n) is 5.41. The lowest BCUT2D eigenvalue weighted by molar-refractivity contribution is 0.0690. The van der Waals surface area contributed by atoms with Crippen LogP contribution in [0.1, 0.15) is 29.2 Å². The van der Waals surface area contributed by atoms with Crippen LogP contribution in [0.3, 0.4) is 0 Å². The molecule has 0 atom stereocenters. The fraction of sp³-hybridized carbons (Fsp3) is 0.286. The molecular weight excluding hydrogens is 415 g/mol. The number of aromatic nitrogens is 1. The highest BCUT2D eigenvalue weighted by Gasteiger charge is 2.40. The molecule has 1 N–H and O–H groups in total. The summed E-state index contributed by atoms with van der Waals surface area (Å²) in [6.07, 6.45) is 2.30. The summed E-state index contributed by atoms with van der Waals surface area (Å²) in [5.41, 5.74) is -0.296. The molecule has 25 heavy (non-hydrogen) atoms. The van der Waals surface area contributed by atoms with Crippen LogP contribution in [-0.2, 0) is 16.6 Å². The molecule has 2 aromatic rings. The molecule has 1 aromatic carbocycles. The number of rotatable bonds is 6. The van der Waals surface area contributed by atoms with Gasteiger partial charge in [-0.05, 0) is 25.0 Å². The van der Waals surface area contributed by atoms with Crippen molar-refractivity contribution in [1.82, 2.24) is 9.29 Å². The summed E-state index contributed by atoms with van der Waals surface area (Å²) in [6, 6.07) is 2.21. The Bertz CT molecular complexity index is 940. The van der Waals surface area contributed by atoms with Gasteiger partial charge >= 0.3 is 5.97 Å². The Morgan fingerprint density at radius 3 is 2.44 bits per heavy atom. The molecule has 0 spiro atoms. The number of benzene rings is 1. The number of carboxylic acids is 1. The summed E-state index contributed by atoms with van der Waals surface area (Å²) in [5, 5.41) is 9.03. The smallest absolute Gasteiger partial charge is 0.357 e. The molecule has 1 aliphatic rings. The van der Waals surface area contributed by atoms with Gasteiger partial charge in [0.05, 0.1) is 21.6 Å². The molecule has 7 nitrogen and oxygen atoms in total. The largest absolute Gasteiger partial charge is 0.476 e. The SMILES string of the molecule is O=C(O)c1coc(CN(C2CC2)S(=O)(=O)c2cc(Cl)c(Cl)cc2Cl)n1. The van der Waals surface area contributed by atoms with E-state index in [2.05, 4.69) is 4.98 Å². The van der Waals surface area contributed by atoms with Crippen LogP contribution >= 0.6 is 34.8 Å². The van der Waals surface area contributed by atoms with E-state index in [0.717, 1.165) is 6.26 Å².